The van der Waals surface area contributed by atoms with Gasteiger partial charge in [-0.1, -0.05) is 13.0 Å². The number of rotatable bonds is 4. The first-order valence-corrected chi connectivity index (χ1v) is 6.69. The molecule has 4 heteroatoms. The topological polar surface area (TPSA) is 24.1 Å². The summed E-state index contributed by atoms with van der Waals surface area (Å²) in [5, 5.41) is 9.59. The molecule has 0 aromatic carbocycles. The van der Waals surface area contributed by atoms with Crippen LogP contribution in [-0.2, 0) is 0 Å². The zero-order valence-corrected chi connectivity index (χ0v) is 10.5. The van der Waals surface area contributed by atoms with Crippen molar-refractivity contribution < 1.29 is 0 Å². The van der Waals surface area contributed by atoms with Gasteiger partial charge < -0.3 is 10.6 Å². The Kier molecular flexibility index (Phi) is 3.59. The van der Waals surface area contributed by atoms with Crippen molar-refractivity contribution in [3.8, 4) is 0 Å². The maximum Gasteiger partial charge on any atom is 0.167 e. The second kappa shape index (κ2) is 4.94. The van der Waals surface area contributed by atoms with Crippen molar-refractivity contribution in [3.05, 3.63) is 22.4 Å². The molecule has 1 heterocycles. The highest BCUT2D eigenvalue weighted by Gasteiger charge is 2.22. The monoisotopic (exact) mass is 240 g/mol. The van der Waals surface area contributed by atoms with Crippen LogP contribution >= 0.6 is 23.6 Å². The molecule has 0 aliphatic heterocycles. The minimum atomic E-state index is 0.365. The third-order valence-electron chi connectivity index (χ3n) is 2.51. The van der Waals surface area contributed by atoms with Gasteiger partial charge in [-0.25, -0.2) is 0 Å². The maximum absolute atomic E-state index is 5.27. The van der Waals surface area contributed by atoms with E-state index in [0.717, 1.165) is 11.5 Å². The van der Waals surface area contributed by atoms with E-state index in [4.69, 9.17) is 12.2 Å². The van der Waals surface area contributed by atoms with Gasteiger partial charge >= 0.3 is 0 Å². The lowest BCUT2D eigenvalue weighted by molar-refractivity contribution is 0.626. The van der Waals surface area contributed by atoms with E-state index in [1.165, 1.54) is 17.7 Å². The molecule has 0 bridgehead atoms. The smallest absolute Gasteiger partial charge is 0.167 e. The molecule has 1 aliphatic carbocycles. The highest BCUT2D eigenvalue weighted by atomic mass is 32.1. The summed E-state index contributed by atoms with van der Waals surface area (Å²) in [6.45, 7) is 2.18. The van der Waals surface area contributed by atoms with Crippen molar-refractivity contribution in [2.75, 3.05) is 0 Å². The Hall–Kier alpha value is -0.610. The minimum absolute atomic E-state index is 0.365. The van der Waals surface area contributed by atoms with Crippen LogP contribution in [0.1, 0.15) is 37.1 Å². The lowest BCUT2D eigenvalue weighted by Gasteiger charge is -2.18. The third-order valence-corrected chi connectivity index (χ3v) is 3.73. The zero-order valence-electron chi connectivity index (χ0n) is 8.82. The van der Waals surface area contributed by atoms with Crippen LogP contribution < -0.4 is 10.6 Å². The molecule has 0 radical (unpaired) electrons. The molecule has 1 aliphatic rings. The van der Waals surface area contributed by atoms with Gasteiger partial charge in [-0.3, -0.25) is 0 Å². The Morgan fingerprint density at radius 1 is 1.67 bits per heavy atom. The van der Waals surface area contributed by atoms with E-state index in [9.17, 15) is 0 Å². The van der Waals surface area contributed by atoms with Gasteiger partial charge in [-0.05, 0) is 42.9 Å². The predicted octanol–water partition coefficient (Wildman–Crippen LogP) is 2.83. The van der Waals surface area contributed by atoms with Crippen molar-refractivity contribution in [1.82, 2.24) is 10.6 Å². The van der Waals surface area contributed by atoms with Crippen LogP contribution in [0.4, 0.5) is 0 Å². The highest BCUT2D eigenvalue weighted by molar-refractivity contribution is 7.80. The fraction of sp³-hybridized carbons (Fsp3) is 0.545. The predicted molar refractivity (Wildman–Crippen MR) is 69.2 cm³/mol. The first kappa shape index (κ1) is 10.9. The van der Waals surface area contributed by atoms with E-state index in [-0.39, 0.29) is 0 Å². The average Bonchev–Trinajstić information content (AvgIpc) is 2.86. The Labute approximate surface area is 100 Å². The van der Waals surface area contributed by atoms with Crippen molar-refractivity contribution in [2.24, 2.45) is 0 Å². The van der Waals surface area contributed by atoms with Gasteiger partial charge in [0, 0.05) is 10.9 Å². The Morgan fingerprint density at radius 3 is 3.00 bits per heavy atom. The number of thiocarbonyl (C=S) groups is 1. The molecule has 1 saturated carbocycles. The first-order valence-electron chi connectivity index (χ1n) is 5.40. The molecule has 0 amide bonds. The summed E-state index contributed by atoms with van der Waals surface area (Å²) in [6, 6.07) is 5.24. The van der Waals surface area contributed by atoms with E-state index in [1.807, 2.05) is 0 Å². The number of nitrogens with one attached hydrogen (secondary N) is 2. The summed E-state index contributed by atoms with van der Waals surface area (Å²) in [7, 11) is 0. The average molecular weight is 240 g/mol. The summed E-state index contributed by atoms with van der Waals surface area (Å²) in [5.74, 6) is 0. The summed E-state index contributed by atoms with van der Waals surface area (Å²) in [4.78, 5) is 1.36. The van der Waals surface area contributed by atoms with E-state index in [0.29, 0.717) is 12.1 Å². The number of hydrogen-bond acceptors (Lipinski definition) is 2. The van der Waals surface area contributed by atoms with Crippen LogP contribution in [0.5, 0.6) is 0 Å². The van der Waals surface area contributed by atoms with Crippen LogP contribution in [-0.4, -0.2) is 11.2 Å². The van der Waals surface area contributed by atoms with Crippen molar-refractivity contribution in [2.45, 2.75) is 38.3 Å². The summed E-state index contributed by atoms with van der Waals surface area (Å²) in [5.41, 5.74) is 0. The van der Waals surface area contributed by atoms with Crippen LogP contribution in [0.25, 0.3) is 0 Å². The lowest BCUT2D eigenvalue weighted by Crippen LogP contribution is -2.38. The fourth-order valence-corrected chi connectivity index (χ4v) is 2.65. The molecule has 15 heavy (non-hydrogen) atoms. The molecule has 0 saturated heterocycles. The molecule has 1 fully saturated rings. The first-order chi connectivity index (χ1) is 7.29. The molecule has 1 atom stereocenters. The van der Waals surface area contributed by atoms with Gasteiger partial charge in [0.15, 0.2) is 5.11 Å². The van der Waals surface area contributed by atoms with Gasteiger partial charge in [0.25, 0.3) is 0 Å². The molecule has 2 nitrogen and oxygen atoms in total. The van der Waals surface area contributed by atoms with Gasteiger partial charge in [-0.2, -0.15) is 0 Å². The fourth-order valence-electron chi connectivity index (χ4n) is 1.48. The quantitative estimate of drug-likeness (QED) is 0.791. The van der Waals surface area contributed by atoms with Crippen LogP contribution in [0, 0.1) is 0 Å². The van der Waals surface area contributed by atoms with Crippen molar-refractivity contribution in [1.29, 1.82) is 0 Å². The second-order valence-electron chi connectivity index (χ2n) is 3.87. The van der Waals surface area contributed by atoms with E-state index >= 15 is 0 Å². The number of thiophene rings is 1. The van der Waals surface area contributed by atoms with E-state index in [1.54, 1.807) is 11.3 Å². The normalized spacial score (nSPS) is 17.1. The third kappa shape index (κ3) is 3.18. The Bertz CT molecular complexity index is 317. The van der Waals surface area contributed by atoms with Gasteiger partial charge in [-0.15, -0.1) is 11.3 Å². The molecule has 82 valence electrons. The van der Waals surface area contributed by atoms with Gasteiger partial charge in [0.1, 0.15) is 0 Å². The molecule has 1 unspecified atom stereocenters. The lowest BCUT2D eigenvalue weighted by atomic mass is 10.2. The standard InChI is InChI=1S/C11H16N2S2/c1-2-9(10-4-3-7-15-10)13-11(14)12-8-5-6-8/h3-4,7-9H,2,5-6H2,1H3,(H2,12,13,14). The molecule has 2 N–H and O–H groups in total. The minimum Gasteiger partial charge on any atom is -0.360 e. The van der Waals surface area contributed by atoms with Crippen LogP contribution in [0.15, 0.2) is 17.5 Å². The van der Waals surface area contributed by atoms with Crippen LogP contribution in [0.3, 0.4) is 0 Å². The summed E-state index contributed by atoms with van der Waals surface area (Å²) >= 11 is 7.05. The Morgan fingerprint density at radius 2 is 2.47 bits per heavy atom. The largest absolute Gasteiger partial charge is 0.360 e. The summed E-state index contributed by atoms with van der Waals surface area (Å²) < 4.78 is 0. The molecule has 0 spiro atoms. The van der Waals surface area contributed by atoms with Crippen molar-refractivity contribution in [3.63, 3.8) is 0 Å². The molecule has 2 rings (SSSR count). The Balaban J connectivity index is 1.87. The van der Waals surface area contributed by atoms with E-state index < -0.39 is 0 Å². The molecule has 1 aromatic heterocycles. The SMILES string of the molecule is CCC(NC(=S)NC1CC1)c1cccs1. The van der Waals surface area contributed by atoms with Gasteiger partial charge in [0.2, 0.25) is 0 Å². The van der Waals surface area contributed by atoms with Gasteiger partial charge in [0.05, 0.1) is 6.04 Å². The molecular weight excluding hydrogens is 224 g/mol. The summed E-state index contributed by atoms with van der Waals surface area (Å²) in [6.07, 6.45) is 3.59. The van der Waals surface area contributed by atoms with Crippen molar-refractivity contribution >= 4 is 28.7 Å². The van der Waals surface area contributed by atoms with E-state index in [2.05, 4.69) is 35.1 Å². The zero-order chi connectivity index (χ0) is 10.7. The van der Waals surface area contributed by atoms with Crippen LogP contribution in [0.2, 0.25) is 0 Å². The molecule has 1 aromatic rings. The second-order valence-corrected chi connectivity index (χ2v) is 5.26. The molecular formula is C11H16N2S2. The highest BCUT2D eigenvalue weighted by Crippen LogP contribution is 2.22. The number of hydrogen-bond donors (Lipinski definition) is 2. The maximum atomic E-state index is 5.27.